The van der Waals surface area contributed by atoms with E-state index < -0.39 is 29.6 Å². The molecule has 0 radical (unpaired) electrons. The predicted octanol–water partition coefficient (Wildman–Crippen LogP) is 3.28. The molecule has 12 heteroatoms. The van der Waals surface area contributed by atoms with E-state index in [1.807, 2.05) is 4.90 Å². The first-order chi connectivity index (χ1) is 18.7. The van der Waals surface area contributed by atoms with E-state index in [-0.39, 0.29) is 13.2 Å². The molecule has 2 amide bonds. The Morgan fingerprint density at radius 1 is 1.05 bits per heavy atom. The third-order valence-electron chi connectivity index (χ3n) is 6.13. The maximum atomic E-state index is 12.8. The fourth-order valence-electron chi connectivity index (χ4n) is 3.98. The lowest BCUT2D eigenvalue weighted by Gasteiger charge is -2.29. The van der Waals surface area contributed by atoms with Gasteiger partial charge in [0.15, 0.2) is 0 Å². The first-order valence-electron chi connectivity index (χ1n) is 12.1. The van der Waals surface area contributed by atoms with E-state index in [0.717, 1.165) is 17.7 Å². The van der Waals surface area contributed by atoms with E-state index in [0.29, 0.717) is 48.9 Å². The maximum Gasteiger partial charge on any atom is 0.416 e. The summed E-state index contributed by atoms with van der Waals surface area (Å²) >= 11 is 0. The van der Waals surface area contributed by atoms with Crippen molar-refractivity contribution in [1.29, 1.82) is 0 Å². The van der Waals surface area contributed by atoms with Crippen LogP contribution in [0.1, 0.15) is 21.5 Å². The van der Waals surface area contributed by atoms with Crippen LogP contribution < -0.4 is 15.5 Å². The predicted molar refractivity (Wildman–Crippen MR) is 134 cm³/mol. The summed E-state index contributed by atoms with van der Waals surface area (Å²) in [5.41, 5.74) is 2.97. The number of rotatable bonds is 9. The number of hydroxylamine groups is 1. The second-order valence-electron chi connectivity index (χ2n) is 8.85. The highest BCUT2D eigenvalue weighted by Gasteiger charge is 2.30. The van der Waals surface area contributed by atoms with Gasteiger partial charge in [0, 0.05) is 37.0 Å². The van der Waals surface area contributed by atoms with E-state index in [1.54, 1.807) is 48.1 Å². The molecule has 3 aromatic rings. The van der Waals surface area contributed by atoms with Gasteiger partial charge in [-0.25, -0.2) is 5.48 Å². The zero-order valence-corrected chi connectivity index (χ0v) is 20.8. The van der Waals surface area contributed by atoms with Gasteiger partial charge < -0.3 is 14.8 Å². The molecule has 9 nitrogen and oxygen atoms in total. The van der Waals surface area contributed by atoms with Gasteiger partial charge in [-0.05, 0) is 54.1 Å². The van der Waals surface area contributed by atoms with Crippen molar-refractivity contribution in [3.63, 3.8) is 0 Å². The van der Waals surface area contributed by atoms with Gasteiger partial charge in [0.1, 0.15) is 18.4 Å². The summed E-state index contributed by atoms with van der Waals surface area (Å²) in [5.74, 6) is -0.723. The minimum Gasteiger partial charge on any atom is -0.489 e. The lowest BCUT2D eigenvalue weighted by molar-refractivity contribution is -0.137. The van der Waals surface area contributed by atoms with Gasteiger partial charge in [-0.3, -0.25) is 24.7 Å². The number of aromatic nitrogens is 1. The van der Waals surface area contributed by atoms with Crippen molar-refractivity contribution < 1.29 is 37.4 Å². The van der Waals surface area contributed by atoms with Gasteiger partial charge in [-0.2, -0.15) is 13.2 Å². The van der Waals surface area contributed by atoms with Crippen LogP contribution in [0.4, 0.5) is 13.2 Å². The van der Waals surface area contributed by atoms with Crippen molar-refractivity contribution in [2.45, 2.75) is 18.8 Å². The molecule has 1 aromatic heterocycles. The summed E-state index contributed by atoms with van der Waals surface area (Å²) in [5, 5.41) is 11.7. The molecule has 0 saturated carbocycles. The van der Waals surface area contributed by atoms with Crippen molar-refractivity contribution in [3.8, 4) is 17.0 Å². The molecule has 3 N–H and O–H groups in total. The highest BCUT2D eigenvalue weighted by Crippen LogP contribution is 2.30. The molecule has 2 aromatic carbocycles. The molecule has 39 heavy (non-hydrogen) atoms. The number of alkyl halides is 3. The van der Waals surface area contributed by atoms with Crippen molar-refractivity contribution >= 4 is 11.8 Å². The molecule has 1 aliphatic heterocycles. The Morgan fingerprint density at radius 3 is 2.38 bits per heavy atom. The molecular formula is C27H27F3N4O5. The van der Waals surface area contributed by atoms with Crippen LogP contribution in [0.25, 0.3) is 11.3 Å². The van der Waals surface area contributed by atoms with Crippen molar-refractivity contribution in [2.24, 2.45) is 0 Å². The van der Waals surface area contributed by atoms with Crippen molar-refractivity contribution in [2.75, 3.05) is 32.8 Å². The number of nitrogens with one attached hydrogen (secondary N) is 2. The number of morpholine rings is 1. The topological polar surface area (TPSA) is 113 Å². The average Bonchev–Trinajstić information content (AvgIpc) is 2.96. The molecule has 1 aliphatic rings. The number of benzene rings is 2. The smallest absolute Gasteiger partial charge is 0.416 e. The Balaban J connectivity index is 1.34. The summed E-state index contributed by atoms with van der Waals surface area (Å²) in [6.45, 7) is 2.67. The van der Waals surface area contributed by atoms with Gasteiger partial charge >= 0.3 is 6.18 Å². The van der Waals surface area contributed by atoms with Crippen LogP contribution in [0.5, 0.6) is 5.75 Å². The average molecular weight is 545 g/mol. The second-order valence-corrected chi connectivity index (χ2v) is 8.85. The number of hydrogen-bond acceptors (Lipinski definition) is 7. The molecule has 0 unspecified atom stereocenters. The Hall–Kier alpha value is -4.00. The van der Waals surface area contributed by atoms with E-state index >= 15 is 0 Å². The summed E-state index contributed by atoms with van der Waals surface area (Å²) in [6.07, 6.45) is -2.86. The number of amides is 2. The summed E-state index contributed by atoms with van der Waals surface area (Å²) in [4.78, 5) is 31.0. The fourth-order valence-corrected chi connectivity index (χ4v) is 3.98. The first-order valence-corrected chi connectivity index (χ1v) is 12.1. The van der Waals surface area contributed by atoms with E-state index in [9.17, 15) is 22.8 Å². The van der Waals surface area contributed by atoms with Crippen LogP contribution in [-0.2, 0) is 22.3 Å². The number of carbonyl (C=O) groups is 2. The largest absolute Gasteiger partial charge is 0.489 e. The fraction of sp³-hybridized carbons (Fsp3) is 0.296. The number of ether oxygens (including phenoxy) is 2. The van der Waals surface area contributed by atoms with Crippen LogP contribution in [0, 0.1) is 0 Å². The molecule has 206 valence electrons. The molecule has 1 atom stereocenters. The van der Waals surface area contributed by atoms with Gasteiger partial charge in [-0.1, -0.05) is 12.1 Å². The lowest BCUT2D eigenvalue weighted by Crippen LogP contribution is -2.53. The normalized spacial score (nSPS) is 14.9. The SMILES string of the molecule is O=C(N[C@@H](CN1CCOCC1)C(=O)NO)c1ccc(OCc2ccnc(-c3ccc(C(F)(F)F)cc3)c2)cc1. The second kappa shape index (κ2) is 12.7. The van der Waals surface area contributed by atoms with Crippen LogP contribution in [-0.4, -0.2) is 65.8 Å². The van der Waals surface area contributed by atoms with Crippen molar-refractivity contribution in [1.82, 2.24) is 20.7 Å². The van der Waals surface area contributed by atoms with Crippen LogP contribution in [0.3, 0.4) is 0 Å². The van der Waals surface area contributed by atoms with Gasteiger partial charge in [0.05, 0.1) is 24.5 Å². The van der Waals surface area contributed by atoms with Gasteiger partial charge in [0.2, 0.25) is 0 Å². The van der Waals surface area contributed by atoms with Gasteiger partial charge in [0.25, 0.3) is 11.8 Å². The van der Waals surface area contributed by atoms with Crippen LogP contribution in [0.15, 0.2) is 66.9 Å². The highest BCUT2D eigenvalue weighted by molar-refractivity contribution is 5.97. The molecule has 1 fully saturated rings. The monoisotopic (exact) mass is 544 g/mol. The summed E-state index contributed by atoms with van der Waals surface area (Å²) in [6, 6.07) is 13.6. The maximum absolute atomic E-state index is 12.8. The number of halogens is 3. The quantitative estimate of drug-likeness (QED) is 0.280. The number of carbonyl (C=O) groups excluding carboxylic acids is 2. The lowest BCUT2D eigenvalue weighted by atomic mass is 10.1. The Bertz CT molecular complexity index is 1260. The number of nitrogens with zero attached hydrogens (tertiary/aromatic N) is 2. The third kappa shape index (κ3) is 7.76. The molecule has 1 saturated heterocycles. The Kier molecular flexibility index (Phi) is 9.12. The zero-order valence-electron chi connectivity index (χ0n) is 20.8. The van der Waals surface area contributed by atoms with Crippen LogP contribution >= 0.6 is 0 Å². The Labute approximate surface area is 222 Å². The molecule has 0 aliphatic carbocycles. The van der Waals surface area contributed by atoms with Crippen LogP contribution in [0.2, 0.25) is 0 Å². The van der Waals surface area contributed by atoms with Crippen molar-refractivity contribution in [3.05, 3.63) is 83.6 Å². The molecule has 0 bridgehead atoms. The molecule has 2 heterocycles. The first kappa shape index (κ1) is 28.0. The molecule has 4 rings (SSSR count). The molecule has 0 spiro atoms. The van der Waals surface area contributed by atoms with E-state index in [2.05, 4.69) is 10.3 Å². The minimum absolute atomic E-state index is 0.167. The summed E-state index contributed by atoms with van der Waals surface area (Å²) in [7, 11) is 0. The third-order valence-corrected chi connectivity index (χ3v) is 6.13. The number of pyridine rings is 1. The minimum atomic E-state index is -4.41. The standard InChI is InChI=1S/C27H27F3N4O5/c28-27(29,30)21-5-1-19(2-6-21)23-15-18(9-10-31-23)17-39-22-7-3-20(4-8-22)25(35)32-24(26(36)33-37)16-34-11-13-38-14-12-34/h1-10,15,24,37H,11-14,16-17H2,(H,32,35)(H,33,36)/t24-/m0/s1. The molecular weight excluding hydrogens is 517 g/mol. The number of hydrogen-bond donors (Lipinski definition) is 3. The van der Waals surface area contributed by atoms with Gasteiger partial charge in [-0.15, -0.1) is 0 Å². The Morgan fingerprint density at radius 2 is 1.74 bits per heavy atom. The van der Waals surface area contributed by atoms with E-state index in [1.165, 1.54) is 12.1 Å². The summed E-state index contributed by atoms with van der Waals surface area (Å²) < 4.78 is 49.5. The zero-order chi connectivity index (χ0) is 27.8. The highest BCUT2D eigenvalue weighted by atomic mass is 19.4. The van der Waals surface area contributed by atoms with E-state index in [4.69, 9.17) is 14.7 Å².